The average molecular weight is 715 g/mol. The zero-order chi connectivity index (χ0) is 38.3. The van der Waals surface area contributed by atoms with Crippen LogP contribution in [0.5, 0.6) is 0 Å². The van der Waals surface area contributed by atoms with Crippen molar-refractivity contribution in [2.24, 2.45) is 0 Å². The lowest BCUT2D eigenvalue weighted by Gasteiger charge is -2.06. The second kappa shape index (κ2) is 14.4. The number of aromatic amines is 2. The van der Waals surface area contributed by atoms with Gasteiger partial charge in [0, 0.05) is 33.2 Å². The van der Waals surface area contributed by atoms with Crippen molar-refractivity contribution >= 4 is 50.4 Å². The van der Waals surface area contributed by atoms with E-state index in [4.69, 9.17) is 0 Å². The largest absolute Gasteiger partial charge is 0.380 e. The van der Waals surface area contributed by atoms with Gasteiger partial charge in [0.05, 0.1) is 31.0 Å². The van der Waals surface area contributed by atoms with Gasteiger partial charge < -0.3 is 9.97 Å². The Morgan fingerprint density at radius 3 is 1.08 bits per heavy atom. The minimum atomic E-state index is -1.23. The van der Waals surface area contributed by atoms with Crippen LogP contribution in [-0.4, -0.2) is 39.6 Å². The van der Waals surface area contributed by atoms with Crippen molar-refractivity contribution in [3.8, 4) is 0 Å². The molecule has 5 heterocycles. The van der Waals surface area contributed by atoms with Crippen LogP contribution in [-0.2, 0) is 44.9 Å². The highest BCUT2D eigenvalue weighted by Gasteiger charge is 2.49. The number of fused-ring (bicyclic) bond motifs is 8. The van der Waals surface area contributed by atoms with E-state index in [1.54, 1.807) is 13.8 Å². The van der Waals surface area contributed by atoms with Crippen molar-refractivity contribution in [2.75, 3.05) is 0 Å². The summed E-state index contributed by atoms with van der Waals surface area (Å²) in [5.74, 6) is 0. The van der Waals surface area contributed by atoms with Gasteiger partial charge in [-0.2, -0.15) is 0 Å². The second-order valence-corrected chi connectivity index (χ2v) is 12.4. The van der Waals surface area contributed by atoms with Gasteiger partial charge in [0.25, 0.3) is 0 Å². The average Bonchev–Trinajstić information content (AvgIpc) is 3.86. The minimum absolute atomic E-state index is 0.0510. The number of nitro groups is 4. The lowest BCUT2D eigenvalue weighted by Crippen LogP contribution is -2.08. The van der Waals surface area contributed by atoms with Crippen LogP contribution >= 0.6 is 0 Å². The Hall–Kier alpha value is -5.80. The Morgan fingerprint density at radius 2 is 0.731 bits per heavy atom. The molecule has 0 fully saturated rings. The van der Waals surface area contributed by atoms with Crippen LogP contribution in [0.25, 0.3) is 44.7 Å². The first-order chi connectivity index (χ1) is 24.8. The van der Waals surface area contributed by atoms with Crippen molar-refractivity contribution in [2.45, 2.75) is 107 Å². The monoisotopic (exact) mass is 714 g/mol. The first kappa shape index (κ1) is 37.5. The summed E-state index contributed by atoms with van der Waals surface area (Å²) in [7, 11) is 0. The summed E-state index contributed by atoms with van der Waals surface area (Å²) in [6.45, 7) is 15.3. The highest BCUT2D eigenvalue weighted by atomic mass is 16.6. The predicted molar refractivity (Wildman–Crippen MR) is 198 cm³/mol. The number of nitrogens with one attached hydrogen (secondary N) is 2. The van der Waals surface area contributed by atoms with E-state index in [-0.39, 0.29) is 29.7 Å². The molecule has 274 valence electrons. The predicted octanol–water partition coefficient (Wildman–Crippen LogP) is 8.09. The Kier molecular flexibility index (Phi) is 10.4. The standard InChI is InChI=1S/C36H42N8O8/c1-9-17-18(10-2)27-22(14-6)29-24(16-8)33(41(45)46)31(39-29)34(42(47)48)32-36(44(51)52)35(43(49)50)30(40-32)23(15-7)28-20(12-4)19(11-3)26(38-28)21(13-5)25(17)37-27/h37-38H,9-16H2,1-8H3. The Balaban J connectivity index is 2.35. The van der Waals surface area contributed by atoms with Gasteiger partial charge in [0.1, 0.15) is 0 Å². The van der Waals surface area contributed by atoms with E-state index < -0.39 is 59.6 Å². The molecule has 8 bridgehead atoms. The summed E-state index contributed by atoms with van der Waals surface area (Å²) in [4.78, 5) is 63.6. The van der Waals surface area contributed by atoms with Gasteiger partial charge in [-0.25, -0.2) is 9.97 Å². The number of hydrogen-bond acceptors (Lipinski definition) is 10. The molecule has 0 saturated carbocycles. The maximum Gasteiger partial charge on any atom is 0.380 e. The molecule has 3 aromatic rings. The van der Waals surface area contributed by atoms with E-state index in [0.29, 0.717) is 55.1 Å². The van der Waals surface area contributed by atoms with Crippen LogP contribution in [0.2, 0.25) is 0 Å². The summed E-state index contributed by atoms with van der Waals surface area (Å²) in [6.07, 6.45) is 3.45. The van der Waals surface area contributed by atoms with Crippen LogP contribution in [0.1, 0.15) is 124 Å². The summed E-state index contributed by atoms with van der Waals surface area (Å²) in [5.41, 5.74) is 2.61. The molecule has 0 radical (unpaired) electrons. The smallest absolute Gasteiger partial charge is 0.354 e. The number of rotatable bonds is 12. The number of allylic oxidation sites excluding steroid dienone is 1. The molecule has 2 aliphatic rings. The van der Waals surface area contributed by atoms with E-state index >= 15 is 0 Å². The zero-order valence-corrected chi connectivity index (χ0v) is 30.6. The third-order valence-electron chi connectivity index (χ3n) is 10.1. The fourth-order valence-corrected chi connectivity index (χ4v) is 8.03. The molecule has 5 rings (SSSR count). The van der Waals surface area contributed by atoms with Gasteiger partial charge in [-0.3, -0.25) is 40.5 Å². The molecule has 3 aromatic heterocycles. The molecule has 0 spiro atoms. The van der Waals surface area contributed by atoms with Crippen LogP contribution in [0.15, 0.2) is 0 Å². The Labute approximate surface area is 298 Å². The van der Waals surface area contributed by atoms with Gasteiger partial charge in [-0.1, -0.05) is 55.4 Å². The first-order valence-corrected chi connectivity index (χ1v) is 17.7. The number of H-pyrrole nitrogens is 2. The SMILES string of the molecule is CCC1=C([N+](=O)[O-])c2nc1c(CC)c1[nH]c(c(CC)c1CC)c(CC)c1[nH]c(c(CC)c3nc(c2[N+](=O)[O-])C([N+](=O)[O-])=C3[N+](=O)[O-])c(CC)c1CC. The molecule has 0 amide bonds. The normalized spacial score (nSPS) is 12.9. The zero-order valence-electron chi connectivity index (χ0n) is 30.6. The molecule has 2 N–H and O–H groups in total. The van der Waals surface area contributed by atoms with Crippen molar-refractivity contribution in [1.82, 2.24) is 19.9 Å². The van der Waals surface area contributed by atoms with Gasteiger partial charge in [0.2, 0.25) is 11.4 Å². The summed E-state index contributed by atoms with van der Waals surface area (Å²) in [5, 5.41) is 51.3. The fraction of sp³-hybridized carbons (Fsp3) is 0.444. The molecule has 16 nitrogen and oxygen atoms in total. The number of aromatic nitrogens is 4. The van der Waals surface area contributed by atoms with Gasteiger partial charge in [-0.15, -0.1) is 0 Å². The topological polar surface area (TPSA) is 230 Å². The Bertz CT molecular complexity index is 2310. The van der Waals surface area contributed by atoms with Gasteiger partial charge in [0.15, 0.2) is 5.69 Å². The van der Waals surface area contributed by atoms with Crippen molar-refractivity contribution in [3.05, 3.63) is 102 Å². The third kappa shape index (κ3) is 5.52. The lowest BCUT2D eigenvalue weighted by molar-refractivity contribution is -0.408. The number of nitrogens with zero attached hydrogens (tertiary/aromatic N) is 6. The van der Waals surface area contributed by atoms with Gasteiger partial charge >= 0.3 is 22.8 Å². The quantitative estimate of drug-likeness (QED) is 0.135. The fourth-order valence-electron chi connectivity index (χ4n) is 8.03. The van der Waals surface area contributed by atoms with E-state index in [2.05, 4.69) is 26.9 Å². The molecule has 0 saturated heterocycles. The first-order valence-electron chi connectivity index (χ1n) is 17.7. The maximum atomic E-state index is 13.0. The molecule has 0 aromatic carbocycles. The van der Waals surface area contributed by atoms with E-state index in [1.807, 2.05) is 34.6 Å². The molecular weight excluding hydrogens is 672 g/mol. The lowest BCUT2D eigenvalue weighted by atomic mass is 9.96. The van der Waals surface area contributed by atoms with Crippen molar-refractivity contribution in [3.63, 3.8) is 0 Å². The molecular formula is C36H42N8O8. The highest BCUT2D eigenvalue weighted by molar-refractivity contribution is 5.97. The highest BCUT2D eigenvalue weighted by Crippen LogP contribution is 2.45. The van der Waals surface area contributed by atoms with Crippen molar-refractivity contribution < 1.29 is 19.7 Å². The summed E-state index contributed by atoms with van der Waals surface area (Å²) in [6, 6.07) is 0. The molecule has 2 aliphatic heterocycles. The third-order valence-corrected chi connectivity index (χ3v) is 10.1. The van der Waals surface area contributed by atoms with E-state index in [1.165, 1.54) is 0 Å². The van der Waals surface area contributed by atoms with Gasteiger partial charge in [-0.05, 0) is 79.2 Å². The van der Waals surface area contributed by atoms with Crippen LogP contribution in [0, 0.1) is 40.5 Å². The summed E-state index contributed by atoms with van der Waals surface area (Å²) < 4.78 is 0. The number of hydrogen-bond donors (Lipinski definition) is 2. The molecule has 0 aliphatic carbocycles. The van der Waals surface area contributed by atoms with Crippen LogP contribution < -0.4 is 0 Å². The molecule has 52 heavy (non-hydrogen) atoms. The molecule has 0 atom stereocenters. The van der Waals surface area contributed by atoms with Crippen LogP contribution in [0.4, 0.5) is 5.69 Å². The maximum absolute atomic E-state index is 13.0. The van der Waals surface area contributed by atoms with Crippen LogP contribution in [0.3, 0.4) is 0 Å². The second-order valence-electron chi connectivity index (χ2n) is 12.4. The number of aryl methyl sites for hydroxylation is 7. The molecule has 16 heteroatoms. The van der Waals surface area contributed by atoms with Crippen molar-refractivity contribution in [1.29, 1.82) is 0 Å². The van der Waals surface area contributed by atoms with E-state index in [0.717, 1.165) is 38.9 Å². The van der Waals surface area contributed by atoms with E-state index in [9.17, 15) is 40.5 Å². The minimum Gasteiger partial charge on any atom is -0.354 e. The summed E-state index contributed by atoms with van der Waals surface area (Å²) >= 11 is 0. The molecule has 0 unspecified atom stereocenters. The Morgan fingerprint density at radius 1 is 0.404 bits per heavy atom.